The SMILES string of the molecule is COC(=O)N1C(=O)CCc2ccc(OCCCCN3CCN(c4cccc5sccc45)CC3)cc21. The lowest BCUT2D eigenvalue weighted by atomic mass is 10.0. The highest BCUT2D eigenvalue weighted by atomic mass is 32.1. The fourth-order valence-corrected chi connectivity index (χ4v) is 5.73. The zero-order valence-electron chi connectivity index (χ0n) is 20.1. The van der Waals surface area contributed by atoms with Crippen molar-refractivity contribution in [1.29, 1.82) is 0 Å². The Morgan fingerprint density at radius 2 is 1.86 bits per heavy atom. The lowest BCUT2D eigenvalue weighted by molar-refractivity contribution is -0.118. The largest absolute Gasteiger partial charge is 0.494 e. The molecule has 3 aromatic rings. The van der Waals surface area contributed by atoms with Crippen LogP contribution in [0.1, 0.15) is 24.8 Å². The van der Waals surface area contributed by atoms with E-state index in [1.807, 2.05) is 12.1 Å². The molecule has 5 rings (SSSR count). The molecule has 2 aliphatic rings. The van der Waals surface area contributed by atoms with Crippen LogP contribution < -0.4 is 14.5 Å². The van der Waals surface area contributed by atoms with Gasteiger partial charge in [0.05, 0.1) is 19.4 Å². The molecule has 1 fully saturated rings. The summed E-state index contributed by atoms with van der Waals surface area (Å²) in [5, 5.41) is 3.54. The van der Waals surface area contributed by atoms with Gasteiger partial charge in [0.1, 0.15) is 5.75 Å². The summed E-state index contributed by atoms with van der Waals surface area (Å²) in [4.78, 5) is 30.5. The second-order valence-corrected chi connectivity index (χ2v) is 9.93. The molecule has 2 amide bonds. The van der Waals surface area contributed by atoms with E-state index in [0.717, 1.165) is 56.0 Å². The normalized spacial score (nSPS) is 16.4. The number of aryl methyl sites for hydroxylation is 1. The van der Waals surface area contributed by atoms with Crippen molar-refractivity contribution in [2.24, 2.45) is 0 Å². The van der Waals surface area contributed by atoms with E-state index in [9.17, 15) is 9.59 Å². The van der Waals surface area contributed by atoms with Crippen molar-refractivity contribution in [3.05, 3.63) is 53.4 Å². The monoisotopic (exact) mass is 493 g/mol. The fourth-order valence-electron chi connectivity index (χ4n) is 4.93. The molecule has 0 aliphatic carbocycles. The van der Waals surface area contributed by atoms with Crippen LogP contribution in [-0.4, -0.2) is 63.3 Å². The van der Waals surface area contributed by atoms with Gasteiger partial charge in [0, 0.05) is 54.4 Å². The highest BCUT2D eigenvalue weighted by Crippen LogP contribution is 2.33. The van der Waals surface area contributed by atoms with E-state index in [1.165, 1.54) is 22.9 Å². The van der Waals surface area contributed by atoms with Crippen LogP contribution in [0.25, 0.3) is 10.1 Å². The first-order valence-corrected chi connectivity index (χ1v) is 13.1. The molecule has 1 saturated heterocycles. The Bertz CT molecular complexity index is 1200. The van der Waals surface area contributed by atoms with Gasteiger partial charge in [-0.1, -0.05) is 12.1 Å². The Morgan fingerprint density at radius 1 is 1.00 bits per heavy atom. The summed E-state index contributed by atoms with van der Waals surface area (Å²) in [6.45, 7) is 5.92. The molecule has 35 heavy (non-hydrogen) atoms. The number of piperazine rings is 1. The van der Waals surface area contributed by atoms with Crippen molar-refractivity contribution < 1.29 is 19.1 Å². The van der Waals surface area contributed by atoms with Gasteiger partial charge >= 0.3 is 6.09 Å². The molecule has 0 saturated carbocycles. The summed E-state index contributed by atoms with van der Waals surface area (Å²) in [5.41, 5.74) is 2.88. The van der Waals surface area contributed by atoms with E-state index >= 15 is 0 Å². The average Bonchev–Trinajstić information content (AvgIpc) is 3.37. The number of methoxy groups -OCH3 is 1. The number of unbranched alkanes of at least 4 members (excludes halogenated alkanes) is 1. The molecule has 2 aromatic carbocycles. The molecule has 0 spiro atoms. The van der Waals surface area contributed by atoms with Crippen LogP contribution in [0.15, 0.2) is 47.8 Å². The standard InChI is InChI=1S/C27H31N3O4S/c1-33-27(32)30-24-19-21(9-7-20(24)8-10-26(30)31)34-17-3-2-12-28-13-15-29(16-14-28)23-5-4-6-25-22(23)11-18-35-25/h4-7,9,11,18-19H,2-3,8,10,12-17H2,1H3. The van der Waals surface area contributed by atoms with Gasteiger partial charge in [0.15, 0.2) is 0 Å². The third kappa shape index (κ3) is 5.13. The zero-order chi connectivity index (χ0) is 24.2. The number of fused-ring (bicyclic) bond motifs is 2. The zero-order valence-corrected chi connectivity index (χ0v) is 20.9. The number of rotatable bonds is 7. The Balaban J connectivity index is 1.07. The summed E-state index contributed by atoms with van der Waals surface area (Å²) in [6.07, 6.45) is 2.29. The van der Waals surface area contributed by atoms with Gasteiger partial charge in [-0.2, -0.15) is 0 Å². The molecule has 2 aliphatic heterocycles. The highest BCUT2D eigenvalue weighted by Gasteiger charge is 2.30. The van der Waals surface area contributed by atoms with Crippen LogP contribution in [0.3, 0.4) is 0 Å². The predicted octanol–water partition coefficient (Wildman–Crippen LogP) is 4.93. The van der Waals surface area contributed by atoms with Gasteiger partial charge in [-0.25, -0.2) is 9.69 Å². The van der Waals surface area contributed by atoms with Gasteiger partial charge in [-0.3, -0.25) is 9.69 Å². The molecule has 184 valence electrons. The number of hydrogen-bond acceptors (Lipinski definition) is 7. The van der Waals surface area contributed by atoms with Gasteiger partial charge in [-0.05, 0) is 61.0 Å². The Morgan fingerprint density at radius 3 is 2.69 bits per heavy atom. The lowest BCUT2D eigenvalue weighted by Gasteiger charge is -2.36. The predicted molar refractivity (Wildman–Crippen MR) is 140 cm³/mol. The number of nitrogens with zero attached hydrogens (tertiary/aromatic N) is 3. The molecule has 8 heteroatoms. The van der Waals surface area contributed by atoms with Crippen LogP contribution in [0, 0.1) is 0 Å². The smallest absolute Gasteiger partial charge is 0.420 e. The molecule has 7 nitrogen and oxygen atoms in total. The van der Waals surface area contributed by atoms with E-state index < -0.39 is 6.09 Å². The van der Waals surface area contributed by atoms with Gasteiger partial charge in [-0.15, -0.1) is 11.3 Å². The van der Waals surface area contributed by atoms with Crippen LogP contribution in [0.5, 0.6) is 5.75 Å². The third-order valence-electron chi connectivity index (χ3n) is 6.84. The number of ether oxygens (including phenoxy) is 2. The number of carbonyl (C=O) groups excluding carboxylic acids is 2. The number of benzene rings is 2. The first-order valence-electron chi connectivity index (χ1n) is 12.2. The maximum absolute atomic E-state index is 12.2. The molecule has 0 bridgehead atoms. The highest BCUT2D eigenvalue weighted by molar-refractivity contribution is 7.17. The Hall–Kier alpha value is -3.10. The first-order chi connectivity index (χ1) is 17.1. The van der Waals surface area contributed by atoms with Crippen molar-refractivity contribution in [1.82, 2.24) is 4.90 Å². The molecule has 0 atom stereocenters. The average molecular weight is 494 g/mol. The van der Waals surface area contributed by atoms with Crippen molar-refractivity contribution in [2.75, 3.05) is 56.2 Å². The minimum atomic E-state index is -0.653. The lowest BCUT2D eigenvalue weighted by Crippen LogP contribution is -2.46. The van der Waals surface area contributed by atoms with Crippen molar-refractivity contribution >= 4 is 44.8 Å². The molecule has 3 heterocycles. The van der Waals surface area contributed by atoms with Crippen LogP contribution >= 0.6 is 11.3 Å². The van der Waals surface area contributed by atoms with Crippen LogP contribution in [-0.2, 0) is 16.0 Å². The van der Waals surface area contributed by atoms with E-state index in [-0.39, 0.29) is 5.91 Å². The summed E-state index contributed by atoms with van der Waals surface area (Å²) in [6, 6.07) is 14.4. The molecule has 1 aromatic heterocycles. The first kappa shape index (κ1) is 23.6. The number of amides is 2. The summed E-state index contributed by atoms with van der Waals surface area (Å²) in [5.74, 6) is 0.428. The van der Waals surface area contributed by atoms with Gasteiger partial charge in [0.25, 0.3) is 0 Å². The van der Waals surface area contributed by atoms with Crippen LogP contribution in [0.4, 0.5) is 16.2 Å². The van der Waals surface area contributed by atoms with E-state index in [2.05, 4.69) is 39.4 Å². The van der Waals surface area contributed by atoms with E-state index in [4.69, 9.17) is 9.47 Å². The summed E-state index contributed by atoms with van der Waals surface area (Å²) in [7, 11) is 1.29. The molecule has 0 unspecified atom stereocenters. The number of anilines is 2. The Kier molecular flexibility index (Phi) is 7.20. The second-order valence-electron chi connectivity index (χ2n) is 8.98. The quantitative estimate of drug-likeness (QED) is 0.435. The van der Waals surface area contributed by atoms with Gasteiger partial charge < -0.3 is 14.4 Å². The molecular formula is C27H31N3O4S. The van der Waals surface area contributed by atoms with Crippen LogP contribution in [0.2, 0.25) is 0 Å². The second kappa shape index (κ2) is 10.7. The summed E-state index contributed by atoms with van der Waals surface area (Å²) >= 11 is 1.80. The minimum Gasteiger partial charge on any atom is -0.494 e. The van der Waals surface area contributed by atoms with Crippen molar-refractivity contribution in [2.45, 2.75) is 25.7 Å². The molecular weight excluding hydrogens is 462 g/mol. The third-order valence-corrected chi connectivity index (χ3v) is 7.72. The molecule has 0 radical (unpaired) electrons. The number of thiophene rings is 1. The topological polar surface area (TPSA) is 62.3 Å². The van der Waals surface area contributed by atoms with Gasteiger partial charge in [0.2, 0.25) is 5.91 Å². The Labute approximate surface area is 209 Å². The van der Waals surface area contributed by atoms with Crippen molar-refractivity contribution in [3.63, 3.8) is 0 Å². The summed E-state index contributed by atoms with van der Waals surface area (Å²) < 4.78 is 12.1. The molecule has 0 N–H and O–H groups in total. The fraction of sp³-hybridized carbons (Fsp3) is 0.407. The number of imide groups is 1. The minimum absolute atomic E-state index is 0.242. The maximum atomic E-state index is 12.2. The number of carbonyl (C=O) groups is 2. The van der Waals surface area contributed by atoms with E-state index in [1.54, 1.807) is 17.4 Å². The maximum Gasteiger partial charge on any atom is 0.420 e. The van der Waals surface area contributed by atoms with E-state index in [0.29, 0.717) is 30.9 Å². The van der Waals surface area contributed by atoms with Crippen molar-refractivity contribution in [3.8, 4) is 5.75 Å². The number of hydrogen-bond donors (Lipinski definition) is 0.